The van der Waals surface area contributed by atoms with Crippen LogP contribution in [0.3, 0.4) is 0 Å². The Morgan fingerprint density at radius 2 is 1.50 bits per heavy atom. The molecule has 3 heteroatoms. The maximum Gasteiger partial charge on any atom is 0.404 e. The highest BCUT2D eigenvalue weighted by atomic mass is 16.5. The Bertz CT molecular complexity index is 215. The average Bonchev–Trinajstić information content (AvgIpc) is 2.34. The van der Waals surface area contributed by atoms with Crippen LogP contribution in [0.15, 0.2) is 12.2 Å². The van der Waals surface area contributed by atoms with Gasteiger partial charge in [-0.2, -0.15) is 0 Å². The van der Waals surface area contributed by atoms with E-state index in [0.29, 0.717) is 6.61 Å². The molecule has 2 N–H and O–H groups in total. The van der Waals surface area contributed by atoms with E-state index in [2.05, 4.69) is 23.8 Å². The summed E-state index contributed by atoms with van der Waals surface area (Å²) in [6.07, 6.45) is 16.2. The second-order valence-electron chi connectivity index (χ2n) is 4.69. The predicted molar refractivity (Wildman–Crippen MR) is 76.5 cm³/mol. The van der Waals surface area contributed by atoms with Crippen LogP contribution < -0.4 is 5.73 Å². The van der Waals surface area contributed by atoms with Crippen molar-refractivity contribution in [1.29, 1.82) is 0 Å². The molecule has 106 valence electrons. The number of carbonyl (C=O) groups is 1. The average molecular weight is 255 g/mol. The van der Waals surface area contributed by atoms with Crippen LogP contribution in [-0.2, 0) is 4.74 Å². The lowest BCUT2D eigenvalue weighted by molar-refractivity contribution is 0.154. The lowest BCUT2D eigenvalue weighted by atomic mass is 10.1. The number of ether oxygens (including phenoxy) is 1. The molecule has 1 amide bonds. The third kappa shape index (κ3) is 15.0. The lowest BCUT2D eigenvalue weighted by Crippen LogP contribution is -2.13. The maximum atomic E-state index is 10.3. The van der Waals surface area contributed by atoms with Crippen LogP contribution in [-0.4, -0.2) is 12.7 Å². The fourth-order valence-corrected chi connectivity index (χ4v) is 1.80. The Kier molecular flexibility index (Phi) is 13.3. The first kappa shape index (κ1) is 17.0. The van der Waals surface area contributed by atoms with E-state index in [1.807, 2.05) is 0 Å². The van der Waals surface area contributed by atoms with Gasteiger partial charge in [-0.1, -0.05) is 57.6 Å². The van der Waals surface area contributed by atoms with Gasteiger partial charge in [0.25, 0.3) is 0 Å². The summed E-state index contributed by atoms with van der Waals surface area (Å²) in [5.74, 6) is 0. The summed E-state index contributed by atoms with van der Waals surface area (Å²) in [6, 6.07) is 0. The topological polar surface area (TPSA) is 52.3 Å². The van der Waals surface area contributed by atoms with Crippen molar-refractivity contribution in [1.82, 2.24) is 0 Å². The van der Waals surface area contributed by atoms with E-state index in [1.165, 1.54) is 51.4 Å². The molecule has 0 aliphatic carbocycles. The van der Waals surface area contributed by atoms with Crippen molar-refractivity contribution in [2.45, 2.75) is 71.1 Å². The molecule has 0 heterocycles. The molecule has 0 aromatic carbocycles. The molecule has 3 nitrogen and oxygen atoms in total. The number of carbonyl (C=O) groups excluding carboxylic acids is 1. The van der Waals surface area contributed by atoms with E-state index in [-0.39, 0.29) is 0 Å². The van der Waals surface area contributed by atoms with Crippen molar-refractivity contribution < 1.29 is 9.53 Å². The molecule has 0 aliphatic rings. The van der Waals surface area contributed by atoms with Gasteiger partial charge in [0.15, 0.2) is 0 Å². The number of nitrogens with two attached hydrogens (primary N) is 1. The van der Waals surface area contributed by atoms with Gasteiger partial charge >= 0.3 is 6.09 Å². The summed E-state index contributed by atoms with van der Waals surface area (Å²) in [6.45, 7) is 2.69. The number of unbranched alkanes of at least 4 members (excludes halogenated alkanes) is 8. The summed E-state index contributed by atoms with van der Waals surface area (Å²) in [5.41, 5.74) is 4.86. The molecule has 0 fully saturated rings. The number of hydrogen-bond acceptors (Lipinski definition) is 2. The smallest absolute Gasteiger partial charge is 0.404 e. The Labute approximate surface area is 112 Å². The summed E-state index contributed by atoms with van der Waals surface area (Å²) >= 11 is 0. The second-order valence-corrected chi connectivity index (χ2v) is 4.69. The van der Waals surface area contributed by atoms with Gasteiger partial charge in [-0.15, -0.1) is 0 Å². The summed E-state index contributed by atoms with van der Waals surface area (Å²) < 4.78 is 4.66. The van der Waals surface area contributed by atoms with Crippen LogP contribution >= 0.6 is 0 Å². The van der Waals surface area contributed by atoms with Gasteiger partial charge in [-0.05, 0) is 25.7 Å². The number of allylic oxidation sites excluding steroid dienone is 2. The van der Waals surface area contributed by atoms with Gasteiger partial charge in [-0.3, -0.25) is 0 Å². The first-order valence-electron chi connectivity index (χ1n) is 7.34. The monoisotopic (exact) mass is 255 g/mol. The first-order chi connectivity index (χ1) is 8.77. The van der Waals surface area contributed by atoms with Crippen LogP contribution in [0.1, 0.15) is 71.1 Å². The molecule has 0 radical (unpaired) electrons. The molecule has 0 bridgehead atoms. The van der Waals surface area contributed by atoms with Crippen molar-refractivity contribution in [2.75, 3.05) is 6.61 Å². The summed E-state index contributed by atoms with van der Waals surface area (Å²) in [5, 5.41) is 0. The van der Waals surface area contributed by atoms with Gasteiger partial charge in [0.1, 0.15) is 0 Å². The fourth-order valence-electron chi connectivity index (χ4n) is 1.80. The van der Waals surface area contributed by atoms with E-state index in [9.17, 15) is 4.79 Å². The number of rotatable bonds is 12. The van der Waals surface area contributed by atoms with Gasteiger partial charge < -0.3 is 10.5 Å². The van der Waals surface area contributed by atoms with Gasteiger partial charge in [0.05, 0.1) is 6.61 Å². The third-order valence-electron chi connectivity index (χ3n) is 2.90. The van der Waals surface area contributed by atoms with E-state index >= 15 is 0 Å². The molecule has 0 spiro atoms. The number of primary amides is 1. The molecule has 0 saturated carbocycles. The second kappa shape index (κ2) is 14.1. The zero-order chi connectivity index (χ0) is 13.5. The molecule has 18 heavy (non-hydrogen) atoms. The third-order valence-corrected chi connectivity index (χ3v) is 2.90. The zero-order valence-electron chi connectivity index (χ0n) is 11.8. The van der Waals surface area contributed by atoms with Crippen molar-refractivity contribution in [3.8, 4) is 0 Å². The SMILES string of the molecule is CCCCC=CCCCCCCCCOC(N)=O. The van der Waals surface area contributed by atoms with E-state index < -0.39 is 6.09 Å². The summed E-state index contributed by atoms with van der Waals surface area (Å²) in [7, 11) is 0. The Morgan fingerprint density at radius 1 is 0.944 bits per heavy atom. The fraction of sp³-hybridized carbons (Fsp3) is 0.800. The molecule has 0 unspecified atom stereocenters. The van der Waals surface area contributed by atoms with Crippen LogP contribution in [0.4, 0.5) is 4.79 Å². The van der Waals surface area contributed by atoms with Crippen LogP contribution in [0.25, 0.3) is 0 Å². The van der Waals surface area contributed by atoms with Gasteiger partial charge in [0.2, 0.25) is 0 Å². The zero-order valence-corrected chi connectivity index (χ0v) is 11.8. The lowest BCUT2D eigenvalue weighted by Gasteiger charge is -2.01. The molecule has 0 aliphatic heterocycles. The standard InChI is InChI=1S/C15H29NO2/c1-2-3-4-5-6-7-8-9-10-11-12-13-14-18-15(16)17/h5-6H,2-4,7-14H2,1H3,(H2,16,17). The molecule has 0 atom stereocenters. The predicted octanol–water partition coefficient (Wildman–Crippen LogP) is 4.56. The van der Waals surface area contributed by atoms with E-state index in [1.54, 1.807) is 0 Å². The summed E-state index contributed by atoms with van der Waals surface area (Å²) in [4.78, 5) is 10.3. The van der Waals surface area contributed by atoms with Crippen molar-refractivity contribution >= 4 is 6.09 Å². The van der Waals surface area contributed by atoms with Crippen LogP contribution in [0.5, 0.6) is 0 Å². The minimum atomic E-state index is -0.662. The van der Waals surface area contributed by atoms with Crippen LogP contribution in [0, 0.1) is 0 Å². The Hall–Kier alpha value is -0.990. The largest absolute Gasteiger partial charge is 0.450 e. The number of amides is 1. The molecule has 0 aromatic heterocycles. The molecule has 0 aromatic rings. The van der Waals surface area contributed by atoms with E-state index in [4.69, 9.17) is 5.73 Å². The molecule has 0 saturated heterocycles. The van der Waals surface area contributed by atoms with Crippen molar-refractivity contribution in [3.05, 3.63) is 12.2 Å². The minimum Gasteiger partial charge on any atom is -0.450 e. The van der Waals surface area contributed by atoms with Crippen molar-refractivity contribution in [3.63, 3.8) is 0 Å². The highest BCUT2D eigenvalue weighted by Crippen LogP contribution is 2.08. The first-order valence-corrected chi connectivity index (χ1v) is 7.34. The quantitative estimate of drug-likeness (QED) is 0.410. The van der Waals surface area contributed by atoms with Crippen LogP contribution in [0.2, 0.25) is 0 Å². The molecular formula is C15H29NO2. The van der Waals surface area contributed by atoms with Crippen molar-refractivity contribution in [2.24, 2.45) is 5.73 Å². The normalized spacial score (nSPS) is 10.9. The Balaban J connectivity index is 3.03. The van der Waals surface area contributed by atoms with Gasteiger partial charge in [-0.25, -0.2) is 4.79 Å². The molecule has 0 rings (SSSR count). The van der Waals surface area contributed by atoms with Gasteiger partial charge in [0, 0.05) is 0 Å². The highest BCUT2D eigenvalue weighted by Gasteiger charge is 1.94. The molecular weight excluding hydrogens is 226 g/mol. The maximum absolute atomic E-state index is 10.3. The minimum absolute atomic E-state index is 0.468. The Morgan fingerprint density at radius 3 is 2.11 bits per heavy atom. The highest BCUT2D eigenvalue weighted by molar-refractivity contribution is 5.64. The number of hydrogen-bond donors (Lipinski definition) is 1. The van der Waals surface area contributed by atoms with E-state index in [0.717, 1.165) is 12.8 Å².